The number of aromatic nitrogens is 2. The first-order chi connectivity index (χ1) is 7.25. The van der Waals surface area contributed by atoms with Gasteiger partial charge in [0.2, 0.25) is 0 Å². The third-order valence-corrected chi connectivity index (χ3v) is 2.61. The molecule has 1 N–H and O–H groups in total. The highest BCUT2D eigenvalue weighted by Crippen LogP contribution is 2.14. The number of amides is 1. The number of nitrogens with zero attached hydrogens (tertiary/aromatic N) is 2. The molecule has 0 aromatic carbocycles. The average Bonchev–Trinajstić information content (AvgIpc) is 2.65. The summed E-state index contributed by atoms with van der Waals surface area (Å²) in [7, 11) is 0. The van der Waals surface area contributed by atoms with Gasteiger partial charge in [-0.25, -0.2) is 4.98 Å². The highest BCUT2D eigenvalue weighted by atomic mass is 32.1. The van der Waals surface area contributed by atoms with Gasteiger partial charge in [0.25, 0.3) is 5.91 Å². The van der Waals surface area contributed by atoms with Crippen molar-refractivity contribution >= 4 is 22.4 Å². The molecule has 2 rings (SSSR count). The molecule has 0 unspecified atom stereocenters. The van der Waals surface area contributed by atoms with Crippen LogP contribution in [0.4, 0.5) is 5.13 Å². The third-order valence-electron chi connectivity index (χ3n) is 1.74. The Morgan fingerprint density at radius 1 is 1.47 bits per heavy atom. The Kier molecular flexibility index (Phi) is 2.73. The highest BCUT2D eigenvalue weighted by molar-refractivity contribution is 7.13. The maximum atomic E-state index is 11.6. The van der Waals surface area contributed by atoms with E-state index in [-0.39, 0.29) is 5.91 Å². The van der Waals surface area contributed by atoms with Crippen LogP contribution >= 0.6 is 11.3 Å². The molecule has 15 heavy (non-hydrogen) atoms. The van der Waals surface area contributed by atoms with Crippen molar-refractivity contribution < 1.29 is 4.79 Å². The van der Waals surface area contributed by atoms with Crippen molar-refractivity contribution in [1.29, 1.82) is 0 Å². The van der Waals surface area contributed by atoms with Crippen molar-refractivity contribution in [3.05, 3.63) is 41.2 Å². The molecule has 2 heterocycles. The zero-order valence-electron chi connectivity index (χ0n) is 8.10. The van der Waals surface area contributed by atoms with Gasteiger partial charge in [-0.2, -0.15) is 0 Å². The van der Waals surface area contributed by atoms with Gasteiger partial charge in [0, 0.05) is 11.6 Å². The van der Waals surface area contributed by atoms with E-state index >= 15 is 0 Å². The maximum absolute atomic E-state index is 11.6. The summed E-state index contributed by atoms with van der Waals surface area (Å²) in [6.07, 6.45) is 1.59. The fourth-order valence-corrected chi connectivity index (χ4v) is 1.75. The minimum Gasteiger partial charge on any atom is -0.296 e. The normalized spacial score (nSPS) is 9.93. The number of thiazole rings is 1. The lowest BCUT2D eigenvalue weighted by molar-refractivity contribution is 0.102. The predicted molar refractivity (Wildman–Crippen MR) is 59.0 cm³/mol. The first-order valence-electron chi connectivity index (χ1n) is 4.40. The van der Waals surface area contributed by atoms with Gasteiger partial charge in [0.15, 0.2) is 5.13 Å². The second-order valence-electron chi connectivity index (χ2n) is 2.96. The molecule has 2 aromatic heterocycles. The molecule has 0 bridgehead atoms. The summed E-state index contributed by atoms with van der Waals surface area (Å²) in [6.45, 7) is 1.88. The van der Waals surface area contributed by atoms with Crippen LogP contribution in [0.1, 0.15) is 16.2 Å². The Balaban J connectivity index is 2.11. The van der Waals surface area contributed by atoms with Crippen LogP contribution in [0, 0.1) is 6.92 Å². The van der Waals surface area contributed by atoms with E-state index in [9.17, 15) is 4.79 Å². The lowest BCUT2D eigenvalue weighted by atomic mass is 10.3. The fraction of sp³-hybridized carbons (Fsp3) is 0.100. The Morgan fingerprint density at radius 3 is 2.93 bits per heavy atom. The Bertz CT molecular complexity index is 467. The topological polar surface area (TPSA) is 54.9 Å². The summed E-state index contributed by atoms with van der Waals surface area (Å²) >= 11 is 1.40. The second kappa shape index (κ2) is 4.18. The number of aryl methyl sites for hydroxylation is 1. The molecular formula is C10H9N3OS. The molecule has 0 aliphatic rings. The number of anilines is 1. The van der Waals surface area contributed by atoms with E-state index in [4.69, 9.17) is 0 Å². The van der Waals surface area contributed by atoms with Crippen molar-refractivity contribution in [2.45, 2.75) is 6.92 Å². The van der Waals surface area contributed by atoms with E-state index in [1.165, 1.54) is 11.3 Å². The van der Waals surface area contributed by atoms with Gasteiger partial charge < -0.3 is 0 Å². The van der Waals surface area contributed by atoms with E-state index < -0.39 is 0 Å². The first-order valence-corrected chi connectivity index (χ1v) is 5.28. The van der Waals surface area contributed by atoms with Crippen LogP contribution in [0.3, 0.4) is 0 Å². The highest BCUT2D eigenvalue weighted by Gasteiger charge is 2.08. The lowest BCUT2D eigenvalue weighted by Crippen LogP contribution is -2.13. The maximum Gasteiger partial charge on any atom is 0.276 e. The van der Waals surface area contributed by atoms with Gasteiger partial charge in [-0.05, 0) is 19.1 Å². The number of hydrogen-bond donors (Lipinski definition) is 1. The summed E-state index contributed by atoms with van der Waals surface area (Å²) in [5, 5.41) is 5.17. The van der Waals surface area contributed by atoms with Crippen LogP contribution in [0.2, 0.25) is 0 Å². The van der Waals surface area contributed by atoms with Crippen LogP contribution in [-0.4, -0.2) is 15.9 Å². The molecule has 0 saturated heterocycles. The minimum absolute atomic E-state index is 0.232. The van der Waals surface area contributed by atoms with E-state index in [1.54, 1.807) is 24.4 Å². The molecule has 0 saturated carbocycles. The van der Waals surface area contributed by atoms with E-state index in [0.29, 0.717) is 10.8 Å². The van der Waals surface area contributed by atoms with Crippen LogP contribution in [-0.2, 0) is 0 Å². The van der Waals surface area contributed by atoms with Crippen LogP contribution in [0.15, 0.2) is 29.8 Å². The van der Waals surface area contributed by atoms with Gasteiger partial charge in [-0.3, -0.25) is 15.1 Å². The number of nitrogens with one attached hydrogen (secondary N) is 1. The number of hydrogen-bond acceptors (Lipinski definition) is 4. The third kappa shape index (κ3) is 2.38. The number of carbonyl (C=O) groups is 1. The van der Waals surface area contributed by atoms with Crippen LogP contribution < -0.4 is 5.32 Å². The van der Waals surface area contributed by atoms with Gasteiger partial charge in [0.05, 0.1) is 5.69 Å². The smallest absolute Gasteiger partial charge is 0.276 e. The molecule has 0 fully saturated rings. The van der Waals surface area contributed by atoms with Crippen molar-refractivity contribution in [3.8, 4) is 0 Å². The van der Waals surface area contributed by atoms with Crippen molar-refractivity contribution in [2.24, 2.45) is 0 Å². The molecule has 0 radical (unpaired) electrons. The Hall–Kier alpha value is -1.75. The molecule has 4 nitrogen and oxygen atoms in total. The van der Waals surface area contributed by atoms with Crippen LogP contribution in [0.5, 0.6) is 0 Å². The minimum atomic E-state index is -0.232. The molecule has 0 spiro atoms. The SMILES string of the molecule is Cc1csc(NC(=O)c2ccccn2)n1. The van der Waals surface area contributed by atoms with Gasteiger partial charge in [-0.15, -0.1) is 11.3 Å². The van der Waals surface area contributed by atoms with Crippen molar-refractivity contribution in [2.75, 3.05) is 5.32 Å². The summed E-state index contributed by atoms with van der Waals surface area (Å²) in [4.78, 5) is 19.7. The average molecular weight is 219 g/mol. The van der Waals surface area contributed by atoms with Crippen molar-refractivity contribution in [1.82, 2.24) is 9.97 Å². The molecule has 2 aromatic rings. The van der Waals surface area contributed by atoms with Gasteiger partial charge >= 0.3 is 0 Å². The number of carbonyl (C=O) groups excluding carboxylic acids is 1. The summed E-state index contributed by atoms with van der Waals surface area (Å²) < 4.78 is 0. The zero-order chi connectivity index (χ0) is 10.7. The van der Waals surface area contributed by atoms with E-state index in [2.05, 4.69) is 15.3 Å². The zero-order valence-corrected chi connectivity index (χ0v) is 8.91. The second-order valence-corrected chi connectivity index (χ2v) is 3.82. The monoisotopic (exact) mass is 219 g/mol. The standard InChI is InChI=1S/C10H9N3OS/c1-7-6-15-10(12-7)13-9(14)8-4-2-3-5-11-8/h2-6H,1H3,(H,12,13,14). The van der Waals surface area contributed by atoms with E-state index in [1.807, 2.05) is 12.3 Å². The largest absolute Gasteiger partial charge is 0.296 e. The predicted octanol–water partition coefficient (Wildman–Crippen LogP) is 2.10. The molecule has 0 atom stereocenters. The molecule has 76 valence electrons. The Morgan fingerprint density at radius 2 is 2.33 bits per heavy atom. The fourth-order valence-electron chi connectivity index (χ4n) is 1.07. The molecular weight excluding hydrogens is 210 g/mol. The molecule has 0 aliphatic heterocycles. The molecule has 5 heteroatoms. The van der Waals surface area contributed by atoms with Gasteiger partial charge in [0.1, 0.15) is 5.69 Å². The molecule has 1 amide bonds. The summed E-state index contributed by atoms with van der Waals surface area (Å²) in [5.74, 6) is -0.232. The quantitative estimate of drug-likeness (QED) is 0.841. The lowest BCUT2D eigenvalue weighted by Gasteiger charge is -1.99. The van der Waals surface area contributed by atoms with E-state index in [0.717, 1.165) is 5.69 Å². The first kappa shape index (κ1) is 9.79. The Labute approximate surface area is 91.0 Å². The van der Waals surface area contributed by atoms with Gasteiger partial charge in [-0.1, -0.05) is 6.07 Å². The number of pyridine rings is 1. The summed E-state index contributed by atoms with van der Waals surface area (Å²) in [5.41, 5.74) is 1.29. The number of rotatable bonds is 2. The molecule has 0 aliphatic carbocycles. The van der Waals surface area contributed by atoms with Crippen LogP contribution in [0.25, 0.3) is 0 Å². The van der Waals surface area contributed by atoms with Crippen molar-refractivity contribution in [3.63, 3.8) is 0 Å². The summed E-state index contributed by atoms with van der Waals surface area (Å²) in [6, 6.07) is 5.20.